The normalized spacial score (nSPS) is 30.4. The summed E-state index contributed by atoms with van der Waals surface area (Å²) in [6, 6.07) is 0.466. The lowest BCUT2D eigenvalue weighted by Crippen LogP contribution is -2.31. The van der Waals surface area contributed by atoms with Crippen molar-refractivity contribution in [2.75, 3.05) is 7.05 Å². The van der Waals surface area contributed by atoms with Gasteiger partial charge in [0.1, 0.15) is 0 Å². The molecule has 3 nitrogen and oxygen atoms in total. The minimum Gasteiger partial charge on any atom is -0.313 e. The van der Waals surface area contributed by atoms with E-state index in [9.17, 15) is 0 Å². The molecule has 0 bridgehead atoms. The molecule has 1 fully saturated rings. The molecule has 0 amide bonds. The van der Waals surface area contributed by atoms with Crippen LogP contribution in [-0.2, 0) is 7.05 Å². The average Bonchev–Trinajstić information content (AvgIpc) is 2.64. The third-order valence-electron chi connectivity index (χ3n) is 4.81. The first-order chi connectivity index (χ1) is 8.52. The molecule has 0 aromatic carbocycles. The van der Waals surface area contributed by atoms with Crippen LogP contribution in [0.5, 0.6) is 0 Å². The van der Waals surface area contributed by atoms with Crippen LogP contribution < -0.4 is 5.32 Å². The van der Waals surface area contributed by atoms with Gasteiger partial charge >= 0.3 is 0 Å². The Labute approximate surface area is 111 Å². The average molecular weight is 249 g/mol. The summed E-state index contributed by atoms with van der Waals surface area (Å²) in [5.74, 6) is 2.48. The van der Waals surface area contributed by atoms with Gasteiger partial charge in [-0.05, 0) is 44.6 Å². The Morgan fingerprint density at radius 2 is 2.06 bits per heavy atom. The number of rotatable bonds is 3. The molecule has 3 heteroatoms. The summed E-state index contributed by atoms with van der Waals surface area (Å²) in [5, 5.41) is 8.01. The zero-order chi connectivity index (χ0) is 13.3. The minimum atomic E-state index is 0.466. The van der Waals surface area contributed by atoms with Gasteiger partial charge < -0.3 is 5.32 Å². The standard InChI is InChI=1S/C15H27N3/c1-10-6-7-13(8-11(10)2)15(16-4)14-9-18(5)17-12(14)3/h9-11,13,15-16H,6-8H2,1-5H3. The van der Waals surface area contributed by atoms with E-state index < -0.39 is 0 Å². The van der Waals surface area contributed by atoms with Gasteiger partial charge in [0, 0.05) is 24.8 Å². The molecule has 1 aliphatic rings. The van der Waals surface area contributed by atoms with E-state index in [1.54, 1.807) is 0 Å². The molecule has 1 heterocycles. The lowest BCUT2D eigenvalue weighted by Gasteiger charge is -2.36. The molecule has 102 valence electrons. The summed E-state index contributed by atoms with van der Waals surface area (Å²) < 4.78 is 1.93. The van der Waals surface area contributed by atoms with E-state index >= 15 is 0 Å². The Bertz CT molecular complexity index is 396. The molecule has 1 saturated carbocycles. The molecule has 1 aromatic rings. The maximum absolute atomic E-state index is 4.49. The Balaban J connectivity index is 2.16. The molecule has 4 unspecified atom stereocenters. The zero-order valence-corrected chi connectivity index (χ0v) is 12.4. The highest BCUT2D eigenvalue weighted by Crippen LogP contribution is 2.40. The van der Waals surface area contributed by atoms with Gasteiger partial charge in [0.05, 0.1) is 5.69 Å². The summed E-state index contributed by atoms with van der Waals surface area (Å²) in [6.45, 7) is 6.92. The number of nitrogens with zero attached hydrogens (tertiary/aromatic N) is 2. The van der Waals surface area contributed by atoms with Crippen molar-refractivity contribution in [3.8, 4) is 0 Å². The van der Waals surface area contributed by atoms with E-state index in [2.05, 4.69) is 44.4 Å². The van der Waals surface area contributed by atoms with Gasteiger partial charge in [-0.2, -0.15) is 5.10 Å². The molecule has 18 heavy (non-hydrogen) atoms. The fourth-order valence-corrected chi connectivity index (χ4v) is 3.46. The molecule has 0 spiro atoms. The highest BCUT2D eigenvalue weighted by molar-refractivity contribution is 5.21. The quantitative estimate of drug-likeness (QED) is 0.892. The Kier molecular flexibility index (Phi) is 4.10. The van der Waals surface area contributed by atoms with E-state index in [-0.39, 0.29) is 0 Å². The minimum absolute atomic E-state index is 0.466. The molecule has 0 radical (unpaired) electrons. The number of nitrogens with one attached hydrogen (secondary N) is 1. The van der Waals surface area contributed by atoms with E-state index in [1.165, 1.54) is 30.5 Å². The highest BCUT2D eigenvalue weighted by atomic mass is 15.3. The van der Waals surface area contributed by atoms with Crippen LogP contribution in [0.3, 0.4) is 0 Å². The predicted molar refractivity (Wildman–Crippen MR) is 75.4 cm³/mol. The lowest BCUT2D eigenvalue weighted by molar-refractivity contribution is 0.174. The van der Waals surface area contributed by atoms with Crippen LogP contribution in [0, 0.1) is 24.7 Å². The SMILES string of the molecule is CNC(c1cn(C)nc1C)C1CCC(C)C(C)C1. The van der Waals surface area contributed by atoms with E-state index in [1.807, 2.05) is 11.7 Å². The number of aryl methyl sites for hydroxylation is 2. The molecule has 2 rings (SSSR count). The first-order valence-corrected chi connectivity index (χ1v) is 7.20. The molecular formula is C15H27N3. The van der Waals surface area contributed by atoms with Crippen molar-refractivity contribution in [3.05, 3.63) is 17.5 Å². The third-order valence-corrected chi connectivity index (χ3v) is 4.81. The molecule has 1 aliphatic carbocycles. The molecule has 1 N–H and O–H groups in total. The number of aromatic nitrogens is 2. The largest absolute Gasteiger partial charge is 0.313 e. The van der Waals surface area contributed by atoms with Crippen LogP contribution in [0.1, 0.15) is 50.4 Å². The van der Waals surface area contributed by atoms with Gasteiger partial charge in [-0.1, -0.05) is 20.3 Å². The van der Waals surface area contributed by atoms with Crippen molar-refractivity contribution in [2.45, 2.75) is 46.1 Å². The summed E-state index contributed by atoms with van der Waals surface area (Å²) >= 11 is 0. The number of hydrogen-bond donors (Lipinski definition) is 1. The van der Waals surface area contributed by atoms with Gasteiger partial charge in [0.25, 0.3) is 0 Å². The monoisotopic (exact) mass is 249 g/mol. The second kappa shape index (κ2) is 5.43. The van der Waals surface area contributed by atoms with E-state index in [0.29, 0.717) is 6.04 Å². The van der Waals surface area contributed by atoms with Crippen molar-refractivity contribution in [2.24, 2.45) is 24.8 Å². The van der Waals surface area contributed by atoms with E-state index in [0.717, 1.165) is 17.8 Å². The molecule has 0 aliphatic heterocycles. The molecule has 1 aromatic heterocycles. The Morgan fingerprint density at radius 1 is 1.33 bits per heavy atom. The second-order valence-electron chi connectivity index (χ2n) is 6.14. The fraction of sp³-hybridized carbons (Fsp3) is 0.800. The van der Waals surface area contributed by atoms with Crippen LogP contribution in [0.2, 0.25) is 0 Å². The first-order valence-electron chi connectivity index (χ1n) is 7.20. The van der Waals surface area contributed by atoms with Crippen LogP contribution in [0.4, 0.5) is 0 Å². The maximum atomic E-state index is 4.49. The molecular weight excluding hydrogens is 222 g/mol. The van der Waals surface area contributed by atoms with Crippen LogP contribution >= 0.6 is 0 Å². The van der Waals surface area contributed by atoms with Gasteiger partial charge in [0.2, 0.25) is 0 Å². The van der Waals surface area contributed by atoms with Crippen LogP contribution in [0.15, 0.2) is 6.20 Å². The summed E-state index contributed by atoms with van der Waals surface area (Å²) in [7, 11) is 4.09. The van der Waals surface area contributed by atoms with Crippen LogP contribution in [0.25, 0.3) is 0 Å². The van der Waals surface area contributed by atoms with Gasteiger partial charge in [0.15, 0.2) is 0 Å². The Hall–Kier alpha value is -0.830. The number of hydrogen-bond acceptors (Lipinski definition) is 2. The second-order valence-corrected chi connectivity index (χ2v) is 6.14. The lowest BCUT2D eigenvalue weighted by atomic mass is 9.72. The maximum Gasteiger partial charge on any atom is 0.0641 e. The Morgan fingerprint density at radius 3 is 2.56 bits per heavy atom. The van der Waals surface area contributed by atoms with Gasteiger partial charge in [-0.15, -0.1) is 0 Å². The molecule has 0 saturated heterocycles. The van der Waals surface area contributed by atoms with Crippen molar-refractivity contribution in [1.29, 1.82) is 0 Å². The summed E-state index contributed by atoms with van der Waals surface area (Å²) in [4.78, 5) is 0. The van der Waals surface area contributed by atoms with Crippen molar-refractivity contribution in [1.82, 2.24) is 15.1 Å². The summed E-state index contributed by atoms with van der Waals surface area (Å²) in [5.41, 5.74) is 2.55. The predicted octanol–water partition coefficient (Wildman–Crippen LogP) is 3.06. The van der Waals surface area contributed by atoms with Gasteiger partial charge in [-0.3, -0.25) is 4.68 Å². The first kappa shape index (κ1) is 13.6. The summed E-state index contributed by atoms with van der Waals surface area (Å²) in [6.07, 6.45) is 6.22. The van der Waals surface area contributed by atoms with E-state index in [4.69, 9.17) is 0 Å². The third kappa shape index (κ3) is 2.61. The van der Waals surface area contributed by atoms with Crippen molar-refractivity contribution < 1.29 is 0 Å². The zero-order valence-electron chi connectivity index (χ0n) is 12.4. The highest BCUT2D eigenvalue weighted by Gasteiger charge is 2.31. The van der Waals surface area contributed by atoms with Crippen molar-refractivity contribution in [3.63, 3.8) is 0 Å². The molecule has 4 atom stereocenters. The van der Waals surface area contributed by atoms with Gasteiger partial charge in [-0.25, -0.2) is 0 Å². The topological polar surface area (TPSA) is 29.9 Å². The van der Waals surface area contributed by atoms with Crippen molar-refractivity contribution >= 4 is 0 Å². The smallest absolute Gasteiger partial charge is 0.0641 e. The fourth-order valence-electron chi connectivity index (χ4n) is 3.46. The van der Waals surface area contributed by atoms with Crippen LogP contribution in [-0.4, -0.2) is 16.8 Å².